The van der Waals surface area contributed by atoms with Crippen molar-refractivity contribution in [2.24, 2.45) is 17.8 Å². The summed E-state index contributed by atoms with van der Waals surface area (Å²) in [5.74, 6) is -3.71. The highest BCUT2D eigenvalue weighted by atomic mass is 33.1. The second kappa shape index (κ2) is 15.3. The van der Waals surface area contributed by atoms with Crippen molar-refractivity contribution in [2.45, 2.75) is 84.6 Å². The summed E-state index contributed by atoms with van der Waals surface area (Å²) in [6.07, 6.45) is 0.163. The summed E-state index contributed by atoms with van der Waals surface area (Å²) < 4.78 is 0. The van der Waals surface area contributed by atoms with Crippen molar-refractivity contribution in [3.63, 3.8) is 0 Å². The van der Waals surface area contributed by atoms with Gasteiger partial charge in [0.15, 0.2) is 0 Å². The summed E-state index contributed by atoms with van der Waals surface area (Å²) in [4.78, 5) is 79.5. The SMILES string of the molecule is CC[C@H](C)[C@@H]1NC(=O)[C@H]2CSSCCNC(=O)[C@H](CC(=O)N[C@H](C(C)C)C(=O)N2)NC(=O)[C@H](C(C)C)NC1=O. The van der Waals surface area contributed by atoms with Crippen LogP contribution >= 0.6 is 21.6 Å². The summed E-state index contributed by atoms with van der Waals surface area (Å²) in [6, 6.07) is -5.18. The van der Waals surface area contributed by atoms with E-state index in [-0.39, 0.29) is 30.1 Å². The van der Waals surface area contributed by atoms with Crippen molar-refractivity contribution in [1.29, 1.82) is 0 Å². The fourth-order valence-electron chi connectivity index (χ4n) is 4.12. The third-order valence-corrected chi connectivity index (χ3v) is 9.18. The quantitative estimate of drug-likeness (QED) is 0.243. The predicted molar refractivity (Wildman–Crippen MR) is 151 cm³/mol. The van der Waals surface area contributed by atoms with Crippen molar-refractivity contribution < 1.29 is 28.8 Å². The van der Waals surface area contributed by atoms with Crippen LogP contribution in [0.5, 0.6) is 0 Å². The van der Waals surface area contributed by atoms with E-state index in [2.05, 4.69) is 31.9 Å². The monoisotopic (exact) mass is 586 g/mol. The Labute approximate surface area is 237 Å². The molecule has 0 aromatic heterocycles. The number of nitrogens with one attached hydrogen (secondary N) is 6. The first-order valence-corrected chi connectivity index (χ1v) is 15.9. The third-order valence-electron chi connectivity index (χ3n) is 6.76. The maximum atomic E-state index is 13.5. The van der Waals surface area contributed by atoms with Gasteiger partial charge in [-0.15, -0.1) is 0 Å². The molecule has 0 aromatic carbocycles. The number of fused-ring (bicyclic) bond motifs is 7. The molecule has 0 aliphatic carbocycles. The van der Waals surface area contributed by atoms with E-state index in [1.54, 1.807) is 27.7 Å². The maximum Gasteiger partial charge on any atom is 0.244 e. The highest BCUT2D eigenvalue weighted by Crippen LogP contribution is 2.22. The molecule has 220 valence electrons. The van der Waals surface area contributed by atoms with E-state index in [9.17, 15) is 28.8 Å². The van der Waals surface area contributed by atoms with Crippen LogP contribution in [0.15, 0.2) is 0 Å². The number of hydrogen-bond donors (Lipinski definition) is 6. The van der Waals surface area contributed by atoms with Gasteiger partial charge in [-0.05, 0) is 17.8 Å². The minimum absolute atomic E-state index is 0.196. The summed E-state index contributed by atoms with van der Waals surface area (Å²) in [7, 11) is 2.75. The average molecular weight is 587 g/mol. The first-order valence-electron chi connectivity index (χ1n) is 13.4. The molecule has 0 spiro atoms. The fourth-order valence-corrected chi connectivity index (χ4v) is 6.19. The van der Waals surface area contributed by atoms with Crippen LogP contribution < -0.4 is 31.9 Å². The molecule has 2 bridgehead atoms. The van der Waals surface area contributed by atoms with Crippen LogP contribution in [-0.4, -0.2) is 83.7 Å². The molecule has 39 heavy (non-hydrogen) atoms. The van der Waals surface area contributed by atoms with Gasteiger partial charge in [-0.25, -0.2) is 0 Å². The van der Waals surface area contributed by atoms with E-state index in [1.807, 2.05) is 13.8 Å². The summed E-state index contributed by atoms with van der Waals surface area (Å²) in [6.45, 7) is 11.0. The summed E-state index contributed by atoms with van der Waals surface area (Å²) in [5.41, 5.74) is 0. The van der Waals surface area contributed by atoms with E-state index < -0.39 is 72.1 Å². The van der Waals surface area contributed by atoms with Crippen LogP contribution in [0.2, 0.25) is 0 Å². The van der Waals surface area contributed by atoms with Crippen LogP contribution in [0.25, 0.3) is 0 Å². The Hall–Kier alpha value is -2.48. The molecule has 2 rings (SSSR count). The molecule has 2 aliphatic heterocycles. The molecule has 2 heterocycles. The lowest BCUT2D eigenvalue weighted by atomic mass is 9.96. The number of carbonyl (C=O) groups is 6. The number of amides is 6. The lowest BCUT2D eigenvalue weighted by Gasteiger charge is -2.31. The molecule has 2 fully saturated rings. The van der Waals surface area contributed by atoms with Gasteiger partial charge in [0.05, 0.1) is 6.42 Å². The Kier molecular flexibility index (Phi) is 12.9. The van der Waals surface area contributed by atoms with Crippen molar-refractivity contribution in [3.8, 4) is 0 Å². The molecular weight excluding hydrogens is 544 g/mol. The zero-order valence-electron chi connectivity index (χ0n) is 23.4. The van der Waals surface area contributed by atoms with Crippen LogP contribution in [0.4, 0.5) is 0 Å². The Balaban J connectivity index is 2.62. The second-order valence-corrected chi connectivity index (χ2v) is 13.2. The fraction of sp³-hybridized carbons (Fsp3) is 0.760. The van der Waals surface area contributed by atoms with Gasteiger partial charge < -0.3 is 31.9 Å². The minimum Gasteiger partial charge on any atom is -0.353 e. The van der Waals surface area contributed by atoms with Gasteiger partial charge in [0.1, 0.15) is 30.2 Å². The molecular formula is C25H42N6O6S2. The van der Waals surface area contributed by atoms with E-state index in [0.29, 0.717) is 12.2 Å². The van der Waals surface area contributed by atoms with E-state index in [1.165, 1.54) is 21.6 Å². The molecule has 0 unspecified atom stereocenters. The second-order valence-electron chi connectivity index (χ2n) is 10.6. The van der Waals surface area contributed by atoms with Gasteiger partial charge in [-0.2, -0.15) is 0 Å². The van der Waals surface area contributed by atoms with Crippen molar-refractivity contribution in [2.75, 3.05) is 18.1 Å². The van der Waals surface area contributed by atoms with Gasteiger partial charge in [-0.3, -0.25) is 28.8 Å². The Morgan fingerprint density at radius 2 is 1.21 bits per heavy atom. The highest BCUT2D eigenvalue weighted by Gasteiger charge is 2.37. The number of rotatable bonds is 4. The van der Waals surface area contributed by atoms with Crippen molar-refractivity contribution >= 4 is 57.0 Å². The van der Waals surface area contributed by atoms with Gasteiger partial charge in [0.2, 0.25) is 35.4 Å². The van der Waals surface area contributed by atoms with Crippen LogP contribution in [0.1, 0.15) is 54.4 Å². The molecule has 2 saturated heterocycles. The Morgan fingerprint density at radius 1 is 0.667 bits per heavy atom. The molecule has 0 aromatic rings. The van der Waals surface area contributed by atoms with E-state index in [0.717, 1.165) is 0 Å². The predicted octanol–water partition coefficient (Wildman–Crippen LogP) is -0.317. The van der Waals surface area contributed by atoms with Gasteiger partial charge in [-0.1, -0.05) is 69.6 Å². The Morgan fingerprint density at radius 3 is 1.79 bits per heavy atom. The van der Waals surface area contributed by atoms with Crippen molar-refractivity contribution in [3.05, 3.63) is 0 Å². The lowest BCUT2D eigenvalue weighted by molar-refractivity contribution is -0.138. The van der Waals surface area contributed by atoms with Gasteiger partial charge >= 0.3 is 0 Å². The first kappa shape index (κ1) is 32.7. The molecule has 2 aliphatic rings. The molecule has 12 nitrogen and oxygen atoms in total. The zero-order valence-corrected chi connectivity index (χ0v) is 25.1. The average Bonchev–Trinajstić information content (AvgIpc) is 2.87. The minimum atomic E-state index is -1.22. The first-order chi connectivity index (χ1) is 18.3. The Bertz CT molecular complexity index is 933. The van der Waals surface area contributed by atoms with E-state index >= 15 is 0 Å². The number of hydrogen-bond acceptors (Lipinski definition) is 8. The topological polar surface area (TPSA) is 175 Å². The zero-order chi connectivity index (χ0) is 29.3. The van der Waals surface area contributed by atoms with E-state index in [4.69, 9.17) is 0 Å². The normalized spacial score (nSPS) is 29.4. The number of carbonyl (C=O) groups excluding carboxylic acids is 6. The molecule has 0 radical (unpaired) electrons. The molecule has 6 amide bonds. The summed E-state index contributed by atoms with van der Waals surface area (Å²) >= 11 is 0. The van der Waals surface area contributed by atoms with Crippen LogP contribution in [0.3, 0.4) is 0 Å². The standard InChI is InChI=1S/C25H42N6O6S2/c1-7-14(6)20-25(37)30-19(13(4)5)24(36)27-15-10-17(32)29-18(12(2)3)23(35)28-16(22(34)31-20)11-39-38-9-8-26-21(15)33/h12-16,18-20H,7-11H2,1-6H3,(H,26,33)(H,27,36)(H,28,35)(H,29,32)(H,30,37)(H,31,34)/t14-,15-,16+,18+,19-,20-/m0/s1. The molecule has 0 saturated carbocycles. The van der Waals surface area contributed by atoms with Gasteiger partial charge in [0.25, 0.3) is 0 Å². The largest absolute Gasteiger partial charge is 0.353 e. The lowest BCUT2D eigenvalue weighted by Crippen LogP contribution is -2.62. The highest BCUT2D eigenvalue weighted by molar-refractivity contribution is 8.76. The van der Waals surface area contributed by atoms with Gasteiger partial charge in [0, 0.05) is 18.1 Å². The molecule has 14 heteroatoms. The van der Waals surface area contributed by atoms with Crippen LogP contribution in [0, 0.1) is 17.8 Å². The smallest absolute Gasteiger partial charge is 0.244 e. The third kappa shape index (κ3) is 9.59. The van der Waals surface area contributed by atoms with Crippen LogP contribution in [-0.2, 0) is 28.8 Å². The molecule has 6 atom stereocenters. The maximum absolute atomic E-state index is 13.5. The molecule has 6 N–H and O–H groups in total. The van der Waals surface area contributed by atoms with Crippen molar-refractivity contribution in [1.82, 2.24) is 31.9 Å². The summed E-state index contributed by atoms with van der Waals surface area (Å²) in [5, 5.41) is 16.3.